The van der Waals surface area contributed by atoms with Crippen LogP contribution in [0.2, 0.25) is 0 Å². The smallest absolute Gasteiger partial charge is 0.164 e. The van der Waals surface area contributed by atoms with Gasteiger partial charge in [-0.05, 0) is 57.0 Å². The second-order valence-electron chi connectivity index (χ2n) is 13.2. The molecule has 4 heteroatoms. The first-order valence-corrected chi connectivity index (χ1v) is 17.8. The molecule has 0 unspecified atom stereocenters. The fourth-order valence-corrected chi connectivity index (χ4v) is 7.36. The van der Waals surface area contributed by atoms with Gasteiger partial charge in [-0.15, -0.1) is 0 Å². The molecule has 0 amide bonds. The lowest BCUT2D eigenvalue weighted by molar-refractivity contribution is 0.673. The predicted molar refractivity (Wildman–Crippen MR) is 217 cm³/mol. The van der Waals surface area contributed by atoms with Crippen molar-refractivity contribution in [3.05, 3.63) is 188 Å². The maximum Gasteiger partial charge on any atom is 0.164 e. The maximum absolute atomic E-state index is 6.65. The van der Waals surface area contributed by atoms with Crippen LogP contribution in [-0.4, -0.2) is 15.0 Å². The van der Waals surface area contributed by atoms with E-state index in [1.165, 1.54) is 16.5 Å². The molecular formula is C49H31N3O. The van der Waals surface area contributed by atoms with Crippen LogP contribution in [0.1, 0.15) is 0 Å². The van der Waals surface area contributed by atoms with Crippen LogP contribution in [0.3, 0.4) is 0 Å². The molecule has 4 nitrogen and oxygen atoms in total. The van der Waals surface area contributed by atoms with Crippen LogP contribution in [0.5, 0.6) is 0 Å². The highest BCUT2D eigenvalue weighted by Crippen LogP contribution is 2.43. The topological polar surface area (TPSA) is 51.8 Å². The zero-order chi connectivity index (χ0) is 35.1. The number of rotatable bonds is 6. The first kappa shape index (κ1) is 30.6. The summed E-state index contributed by atoms with van der Waals surface area (Å²) in [5, 5.41) is 4.54. The van der Waals surface area contributed by atoms with E-state index in [9.17, 15) is 0 Å². The molecule has 0 aliphatic heterocycles. The molecule has 10 aromatic rings. The maximum atomic E-state index is 6.65. The molecule has 0 spiro atoms. The third kappa shape index (κ3) is 5.54. The summed E-state index contributed by atoms with van der Waals surface area (Å²) in [5.74, 6) is 1.94. The molecule has 2 heterocycles. The summed E-state index contributed by atoms with van der Waals surface area (Å²) < 4.78 is 6.65. The monoisotopic (exact) mass is 677 g/mol. The Morgan fingerprint density at radius 3 is 1.43 bits per heavy atom. The number of fused-ring (bicyclic) bond motifs is 5. The van der Waals surface area contributed by atoms with Crippen molar-refractivity contribution in [1.29, 1.82) is 0 Å². The number of benzene rings is 8. The van der Waals surface area contributed by atoms with Crippen molar-refractivity contribution in [2.75, 3.05) is 0 Å². The lowest BCUT2D eigenvalue weighted by Crippen LogP contribution is -2.00. The molecular weight excluding hydrogens is 647 g/mol. The van der Waals surface area contributed by atoms with E-state index in [2.05, 4.69) is 127 Å². The Bertz CT molecular complexity index is 2860. The average molecular weight is 678 g/mol. The first-order valence-electron chi connectivity index (χ1n) is 17.8. The summed E-state index contributed by atoms with van der Waals surface area (Å²) in [4.78, 5) is 14.7. The number of hydrogen-bond donors (Lipinski definition) is 0. The van der Waals surface area contributed by atoms with Gasteiger partial charge in [0.25, 0.3) is 0 Å². The second kappa shape index (κ2) is 12.9. The molecule has 0 radical (unpaired) electrons. The molecule has 10 rings (SSSR count). The molecule has 0 atom stereocenters. The quantitative estimate of drug-likeness (QED) is 0.176. The molecule has 0 aliphatic carbocycles. The molecule has 0 saturated carbocycles. The molecule has 8 aromatic carbocycles. The summed E-state index contributed by atoms with van der Waals surface area (Å²) in [6, 6.07) is 65.2. The van der Waals surface area contributed by atoms with Crippen molar-refractivity contribution in [2.45, 2.75) is 0 Å². The molecule has 0 N–H and O–H groups in total. The van der Waals surface area contributed by atoms with Gasteiger partial charge >= 0.3 is 0 Å². The van der Waals surface area contributed by atoms with Gasteiger partial charge in [-0.1, -0.05) is 170 Å². The fourth-order valence-electron chi connectivity index (χ4n) is 7.36. The molecule has 0 fully saturated rings. The van der Waals surface area contributed by atoms with Gasteiger partial charge in [0.1, 0.15) is 11.2 Å². The van der Waals surface area contributed by atoms with Crippen molar-refractivity contribution < 1.29 is 4.42 Å². The normalized spacial score (nSPS) is 11.4. The summed E-state index contributed by atoms with van der Waals surface area (Å²) in [6.45, 7) is 0. The van der Waals surface area contributed by atoms with Gasteiger partial charge in [0.15, 0.2) is 17.5 Å². The third-order valence-electron chi connectivity index (χ3n) is 9.94. The Balaban J connectivity index is 1.06. The SMILES string of the molecule is c1ccc(-c2nc(-c3ccccc3)nc(-c3ccc(-c4cccc(-c5cccc6oc7c8ccccc8c(-c8ccccc8)cc7c56)c4)cc3)n2)cc1. The Labute approximate surface area is 306 Å². The molecule has 2 aromatic heterocycles. The highest BCUT2D eigenvalue weighted by Gasteiger charge is 2.18. The van der Waals surface area contributed by atoms with Gasteiger partial charge in [0.2, 0.25) is 0 Å². The van der Waals surface area contributed by atoms with Crippen LogP contribution in [-0.2, 0) is 0 Å². The van der Waals surface area contributed by atoms with Crippen LogP contribution in [0, 0.1) is 0 Å². The van der Waals surface area contributed by atoms with E-state index in [-0.39, 0.29) is 0 Å². The van der Waals surface area contributed by atoms with Gasteiger partial charge < -0.3 is 4.42 Å². The van der Waals surface area contributed by atoms with E-state index < -0.39 is 0 Å². The minimum atomic E-state index is 0.638. The van der Waals surface area contributed by atoms with Crippen LogP contribution >= 0.6 is 0 Å². The highest BCUT2D eigenvalue weighted by molar-refractivity contribution is 6.22. The van der Waals surface area contributed by atoms with Crippen LogP contribution in [0.4, 0.5) is 0 Å². The number of hydrogen-bond acceptors (Lipinski definition) is 4. The number of furan rings is 1. The van der Waals surface area contributed by atoms with E-state index in [0.717, 1.165) is 66.3 Å². The van der Waals surface area contributed by atoms with Crippen molar-refractivity contribution in [3.8, 4) is 67.5 Å². The van der Waals surface area contributed by atoms with E-state index in [4.69, 9.17) is 19.4 Å². The minimum Gasteiger partial charge on any atom is -0.455 e. The van der Waals surface area contributed by atoms with Gasteiger partial charge in [-0.2, -0.15) is 0 Å². The summed E-state index contributed by atoms with van der Waals surface area (Å²) in [7, 11) is 0. The van der Waals surface area contributed by atoms with Gasteiger partial charge in [0.05, 0.1) is 0 Å². The van der Waals surface area contributed by atoms with Gasteiger partial charge in [-0.25, -0.2) is 15.0 Å². The zero-order valence-electron chi connectivity index (χ0n) is 28.6. The number of nitrogens with zero attached hydrogens (tertiary/aromatic N) is 3. The van der Waals surface area contributed by atoms with Gasteiger partial charge in [0, 0.05) is 32.8 Å². The molecule has 53 heavy (non-hydrogen) atoms. The van der Waals surface area contributed by atoms with Crippen LogP contribution in [0.15, 0.2) is 192 Å². The predicted octanol–water partition coefficient (Wildman–Crippen LogP) is 12.9. The first-order chi connectivity index (χ1) is 26.3. The average Bonchev–Trinajstić information content (AvgIpc) is 3.63. The summed E-state index contributed by atoms with van der Waals surface area (Å²) in [5.41, 5.74) is 11.5. The standard InChI is InChI=1S/C49H31N3O/c1-4-14-33(15-5-1)42-31-43-45-39(24-13-25-44(45)53-46(43)41-23-11-10-22-40(41)42)38-21-12-20-37(30-38)32-26-28-36(29-27-32)49-51-47(34-16-6-2-7-17-34)50-48(52-49)35-18-8-3-9-19-35/h1-31H. The molecule has 0 aliphatic rings. The van der Waals surface area contributed by atoms with Crippen molar-refractivity contribution in [2.24, 2.45) is 0 Å². The third-order valence-corrected chi connectivity index (χ3v) is 9.94. The van der Waals surface area contributed by atoms with Crippen molar-refractivity contribution in [3.63, 3.8) is 0 Å². The highest BCUT2D eigenvalue weighted by atomic mass is 16.3. The number of aromatic nitrogens is 3. The van der Waals surface area contributed by atoms with Gasteiger partial charge in [-0.3, -0.25) is 0 Å². The molecule has 0 saturated heterocycles. The minimum absolute atomic E-state index is 0.638. The Morgan fingerprint density at radius 2 is 0.792 bits per heavy atom. The van der Waals surface area contributed by atoms with E-state index in [1.54, 1.807) is 0 Å². The van der Waals surface area contributed by atoms with E-state index in [0.29, 0.717) is 17.5 Å². The Hall–Kier alpha value is -7.17. The lowest BCUT2D eigenvalue weighted by atomic mass is 9.92. The van der Waals surface area contributed by atoms with Crippen molar-refractivity contribution in [1.82, 2.24) is 15.0 Å². The van der Waals surface area contributed by atoms with E-state index >= 15 is 0 Å². The fraction of sp³-hybridized carbons (Fsp3) is 0. The molecule has 248 valence electrons. The summed E-state index contributed by atoms with van der Waals surface area (Å²) >= 11 is 0. The second-order valence-corrected chi connectivity index (χ2v) is 13.2. The van der Waals surface area contributed by atoms with E-state index in [1.807, 2.05) is 60.7 Å². The lowest BCUT2D eigenvalue weighted by Gasteiger charge is -2.10. The Kier molecular flexibility index (Phi) is 7.43. The summed E-state index contributed by atoms with van der Waals surface area (Å²) in [6.07, 6.45) is 0. The van der Waals surface area contributed by atoms with Crippen LogP contribution in [0.25, 0.3) is 100 Å². The zero-order valence-corrected chi connectivity index (χ0v) is 28.6. The largest absolute Gasteiger partial charge is 0.455 e. The Morgan fingerprint density at radius 1 is 0.302 bits per heavy atom. The molecule has 0 bridgehead atoms. The van der Waals surface area contributed by atoms with Crippen LogP contribution < -0.4 is 0 Å². The van der Waals surface area contributed by atoms with Crippen molar-refractivity contribution >= 4 is 32.7 Å².